The van der Waals surface area contributed by atoms with E-state index in [-0.39, 0.29) is 12.2 Å². The van der Waals surface area contributed by atoms with Crippen LogP contribution in [0.1, 0.15) is 25.3 Å². The predicted octanol–water partition coefficient (Wildman–Crippen LogP) is 1.16. The average Bonchev–Trinajstić information content (AvgIpc) is 2.54. The molecule has 1 atom stereocenters. The van der Waals surface area contributed by atoms with E-state index in [1.54, 1.807) is 6.07 Å². The van der Waals surface area contributed by atoms with Crippen LogP contribution in [0.3, 0.4) is 0 Å². The van der Waals surface area contributed by atoms with Crippen LogP contribution in [0.4, 0.5) is 0 Å². The summed E-state index contributed by atoms with van der Waals surface area (Å²) in [4.78, 5) is 12.9. The first-order valence-electron chi connectivity index (χ1n) is 8.70. The molecule has 130 valence electrons. The Balaban J connectivity index is 1.58. The number of hydrogen-bond acceptors (Lipinski definition) is 4. The van der Waals surface area contributed by atoms with Gasteiger partial charge in [-0.3, -0.25) is 0 Å². The van der Waals surface area contributed by atoms with Crippen LogP contribution in [-0.2, 0) is 0 Å². The van der Waals surface area contributed by atoms with Crippen LogP contribution in [0.15, 0.2) is 33.5 Å². The minimum absolute atomic E-state index is 0.251. The van der Waals surface area contributed by atoms with Crippen LogP contribution < -0.4 is 15.3 Å². The standard InChI is InChI=1S/C19H25NO4/c1-13-5-7-20(8-6-13)11-15(21)12-23-16-3-4-17-14(2)9-19(22)24-18(17)10-16/h3-4,9-10,13,15,21H,5-8,11-12H2,1-2H3/p+1/t15-/m1/s1. The molecular formula is C19H26NO4+. The largest absolute Gasteiger partial charge is 0.491 e. The molecule has 0 bridgehead atoms. The minimum Gasteiger partial charge on any atom is -0.491 e. The molecule has 1 aliphatic heterocycles. The molecule has 1 fully saturated rings. The zero-order chi connectivity index (χ0) is 17.1. The van der Waals surface area contributed by atoms with Gasteiger partial charge in [0.05, 0.1) is 13.1 Å². The van der Waals surface area contributed by atoms with Crippen LogP contribution in [0, 0.1) is 12.8 Å². The van der Waals surface area contributed by atoms with E-state index < -0.39 is 6.10 Å². The fraction of sp³-hybridized carbons (Fsp3) is 0.526. The highest BCUT2D eigenvalue weighted by molar-refractivity contribution is 5.81. The van der Waals surface area contributed by atoms with E-state index in [4.69, 9.17) is 9.15 Å². The fourth-order valence-corrected chi connectivity index (χ4v) is 3.35. The lowest BCUT2D eigenvalue weighted by atomic mass is 9.99. The van der Waals surface area contributed by atoms with Crippen LogP contribution in [0.25, 0.3) is 11.0 Å². The Morgan fingerprint density at radius 3 is 2.83 bits per heavy atom. The van der Waals surface area contributed by atoms with Crippen molar-refractivity contribution >= 4 is 11.0 Å². The van der Waals surface area contributed by atoms with Crippen molar-refractivity contribution in [2.75, 3.05) is 26.2 Å². The van der Waals surface area contributed by atoms with Crippen molar-refractivity contribution < 1.29 is 19.2 Å². The smallest absolute Gasteiger partial charge is 0.336 e. The number of likely N-dealkylation sites (tertiary alicyclic amines) is 1. The molecule has 2 aromatic rings. The van der Waals surface area contributed by atoms with Crippen LogP contribution in [0.5, 0.6) is 5.75 Å². The highest BCUT2D eigenvalue weighted by Crippen LogP contribution is 2.22. The monoisotopic (exact) mass is 332 g/mol. The van der Waals surface area contributed by atoms with Gasteiger partial charge in [-0.15, -0.1) is 0 Å². The van der Waals surface area contributed by atoms with Gasteiger partial charge in [0.25, 0.3) is 0 Å². The number of benzene rings is 1. The Morgan fingerprint density at radius 1 is 1.33 bits per heavy atom. The molecule has 0 saturated carbocycles. The first-order chi connectivity index (χ1) is 11.5. The lowest BCUT2D eigenvalue weighted by Gasteiger charge is -2.28. The number of ether oxygens (including phenoxy) is 1. The molecule has 3 rings (SSSR count). The van der Waals surface area contributed by atoms with Gasteiger partial charge in [-0.2, -0.15) is 0 Å². The molecule has 1 aliphatic rings. The fourth-order valence-electron chi connectivity index (χ4n) is 3.35. The normalized spacial score (nSPS) is 22.5. The maximum atomic E-state index is 11.5. The third-order valence-corrected chi connectivity index (χ3v) is 4.87. The van der Waals surface area contributed by atoms with E-state index in [1.165, 1.54) is 23.8 Å². The van der Waals surface area contributed by atoms with Gasteiger partial charge in [0.2, 0.25) is 0 Å². The first-order valence-corrected chi connectivity index (χ1v) is 8.70. The maximum Gasteiger partial charge on any atom is 0.336 e. The third-order valence-electron chi connectivity index (χ3n) is 4.87. The average molecular weight is 332 g/mol. The first kappa shape index (κ1) is 17.0. The summed E-state index contributed by atoms with van der Waals surface area (Å²) in [5, 5.41) is 11.1. The number of hydrogen-bond donors (Lipinski definition) is 2. The number of rotatable bonds is 5. The van der Waals surface area contributed by atoms with Crippen molar-refractivity contribution in [1.82, 2.24) is 0 Å². The van der Waals surface area contributed by atoms with E-state index in [2.05, 4.69) is 6.92 Å². The molecule has 2 N–H and O–H groups in total. The maximum absolute atomic E-state index is 11.5. The van der Waals surface area contributed by atoms with Crippen LogP contribution in [0.2, 0.25) is 0 Å². The second-order valence-electron chi connectivity index (χ2n) is 7.01. The molecule has 1 aromatic carbocycles. The number of nitrogens with one attached hydrogen (secondary N) is 1. The van der Waals surface area contributed by atoms with Crippen molar-refractivity contribution in [3.63, 3.8) is 0 Å². The molecule has 0 unspecified atom stereocenters. The summed E-state index contributed by atoms with van der Waals surface area (Å²) in [5.41, 5.74) is 1.04. The van der Waals surface area contributed by atoms with Crippen molar-refractivity contribution in [2.45, 2.75) is 32.8 Å². The summed E-state index contributed by atoms with van der Waals surface area (Å²) in [6.45, 7) is 7.38. The number of fused-ring (bicyclic) bond motifs is 1. The number of quaternary nitrogens is 1. The molecule has 0 aliphatic carbocycles. The van der Waals surface area contributed by atoms with Crippen LogP contribution in [-0.4, -0.2) is 37.5 Å². The SMILES string of the molecule is Cc1cc(=O)oc2cc(OC[C@H](O)C[NH+]3CCC(C)CC3)ccc12. The molecule has 0 amide bonds. The zero-order valence-electron chi connectivity index (χ0n) is 14.4. The lowest BCUT2D eigenvalue weighted by molar-refractivity contribution is -0.909. The summed E-state index contributed by atoms with van der Waals surface area (Å²) in [6, 6.07) is 6.92. The molecule has 2 heterocycles. The molecule has 5 heteroatoms. The van der Waals surface area contributed by atoms with Gasteiger partial charge in [0, 0.05) is 17.5 Å². The molecule has 1 saturated heterocycles. The Bertz CT molecular complexity index is 747. The molecule has 1 aromatic heterocycles. The molecule has 5 nitrogen and oxygen atoms in total. The highest BCUT2D eigenvalue weighted by Gasteiger charge is 2.21. The summed E-state index contributed by atoms with van der Waals surface area (Å²) < 4.78 is 10.9. The van der Waals surface area contributed by atoms with Crippen molar-refractivity contribution in [3.05, 3.63) is 40.2 Å². The number of aliphatic hydroxyl groups excluding tert-OH is 1. The topological polar surface area (TPSA) is 64.1 Å². The van der Waals surface area contributed by atoms with Gasteiger partial charge in [-0.05, 0) is 43.4 Å². The number of aliphatic hydroxyl groups is 1. The molecular weight excluding hydrogens is 306 g/mol. The number of aryl methyl sites for hydroxylation is 1. The minimum atomic E-state index is -0.492. The van der Waals surface area contributed by atoms with Gasteiger partial charge < -0.3 is 19.2 Å². The Labute approximate surface area is 141 Å². The van der Waals surface area contributed by atoms with Crippen molar-refractivity contribution in [3.8, 4) is 5.75 Å². The van der Waals surface area contributed by atoms with Crippen molar-refractivity contribution in [2.24, 2.45) is 5.92 Å². The summed E-state index contributed by atoms with van der Waals surface area (Å²) in [7, 11) is 0. The van der Waals surface area contributed by atoms with E-state index in [0.29, 0.717) is 17.9 Å². The molecule has 0 spiro atoms. The summed E-state index contributed by atoms with van der Waals surface area (Å²) in [5.74, 6) is 1.41. The second-order valence-corrected chi connectivity index (χ2v) is 7.01. The Hall–Kier alpha value is -1.85. The number of piperidine rings is 1. The van der Waals surface area contributed by atoms with Gasteiger partial charge in [0.1, 0.15) is 30.6 Å². The third kappa shape index (κ3) is 4.16. The van der Waals surface area contributed by atoms with Crippen LogP contribution >= 0.6 is 0 Å². The Kier molecular flexibility index (Phi) is 5.21. The zero-order valence-corrected chi connectivity index (χ0v) is 14.4. The van der Waals surface area contributed by atoms with Gasteiger partial charge in [-0.1, -0.05) is 6.92 Å². The second kappa shape index (κ2) is 7.36. The highest BCUT2D eigenvalue weighted by atomic mass is 16.5. The van der Waals surface area contributed by atoms with E-state index >= 15 is 0 Å². The van der Waals surface area contributed by atoms with E-state index in [1.807, 2.05) is 19.1 Å². The summed E-state index contributed by atoms with van der Waals surface area (Å²) >= 11 is 0. The predicted molar refractivity (Wildman–Crippen MR) is 92.7 cm³/mol. The lowest BCUT2D eigenvalue weighted by Crippen LogP contribution is -3.14. The van der Waals surface area contributed by atoms with Gasteiger partial charge >= 0.3 is 5.63 Å². The Morgan fingerprint density at radius 2 is 2.08 bits per heavy atom. The van der Waals surface area contributed by atoms with Gasteiger partial charge in [-0.25, -0.2) is 4.79 Å². The van der Waals surface area contributed by atoms with Gasteiger partial charge in [0.15, 0.2) is 0 Å². The molecule has 24 heavy (non-hydrogen) atoms. The molecule has 0 radical (unpaired) electrons. The van der Waals surface area contributed by atoms with Crippen molar-refractivity contribution in [1.29, 1.82) is 0 Å². The summed E-state index contributed by atoms with van der Waals surface area (Å²) in [6.07, 6.45) is 1.96. The van der Waals surface area contributed by atoms with E-state index in [9.17, 15) is 9.90 Å². The quantitative estimate of drug-likeness (QED) is 0.807. The van der Waals surface area contributed by atoms with E-state index in [0.717, 1.165) is 30.0 Å².